The Morgan fingerprint density at radius 1 is 0.857 bits per heavy atom. The van der Waals surface area contributed by atoms with Gasteiger partial charge in [-0.15, -0.1) is 12.3 Å². The average Bonchev–Trinajstić information content (AvgIpc) is 2.71. The van der Waals surface area contributed by atoms with Crippen molar-refractivity contribution in [1.82, 2.24) is 0 Å². The summed E-state index contributed by atoms with van der Waals surface area (Å²) in [5, 5.41) is 20.7. The van der Waals surface area contributed by atoms with Crippen molar-refractivity contribution in [2.45, 2.75) is 18.8 Å². The molecule has 1 atom stereocenters. The van der Waals surface area contributed by atoms with Crippen LogP contribution in [0.1, 0.15) is 45.0 Å². The molecule has 0 bridgehead atoms. The summed E-state index contributed by atoms with van der Waals surface area (Å²) < 4.78 is 0. The Balaban J connectivity index is 1.81. The van der Waals surface area contributed by atoms with Crippen LogP contribution in [0.5, 0.6) is 11.5 Å². The van der Waals surface area contributed by atoms with E-state index in [0.717, 1.165) is 24.0 Å². The summed E-state index contributed by atoms with van der Waals surface area (Å²) in [7, 11) is 0. The number of carbonyl (C=O) groups excluding carboxylic acids is 1. The molecule has 1 aliphatic rings. The fourth-order valence-electron chi connectivity index (χ4n) is 4.17. The highest BCUT2D eigenvalue weighted by Gasteiger charge is 2.38. The monoisotopic (exact) mass is 368 g/mol. The number of ketones is 1. The van der Waals surface area contributed by atoms with E-state index < -0.39 is 0 Å². The Morgan fingerprint density at radius 2 is 1.43 bits per heavy atom. The SMILES string of the molecule is C#CC(CCc1ccccc1)C1c2cccc(O)c2C(=O)c2c(O)cccc21. The fraction of sp³-hybridized carbons (Fsp3) is 0.160. The smallest absolute Gasteiger partial charge is 0.201 e. The Kier molecular flexibility index (Phi) is 4.63. The summed E-state index contributed by atoms with van der Waals surface area (Å²) in [6.07, 6.45) is 7.47. The average molecular weight is 368 g/mol. The zero-order valence-electron chi connectivity index (χ0n) is 15.3. The van der Waals surface area contributed by atoms with E-state index in [9.17, 15) is 15.0 Å². The normalized spacial score (nSPS) is 14.0. The molecule has 3 heteroatoms. The third-order valence-electron chi connectivity index (χ3n) is 5.48. The summed E-state index contributed by atoms with van der Waals surface area (Å²) in [5.41, 5.74) is 3.11. The predicted molar refractivity (Wildman–Crippen MR) is 109 cm³/mol. The molecule has 0 fully saturated rings. The first-order chi connectivity index (χ1) is 13.6. The first-order valence-corrected chi connectivity index (χ1v) is 9.30. The number of fused-ring (bicyclic) bond motifs is 2. The molecule has 0 aliphatic heterocycles. The van der Waals surface area contributed by atoms with Gasteiger partial charge in [-0.1, -0.05) is 54.6 Å². The third kappa shape index (κ3) is 2.93. The number of aromatic hydroxyl groups is 2. The molecule has 0 amide bonds. The lowest BCUT2D eigenvalue weighted by atomic mass is 9.70. The number of rotatable bonds is 4. The highest BCUT2D eigenvalue weighted by atomic mass is 16.3. The summed E-state index contributed by atoms with van der Waals surface area (Å²) in [6.45, 7) is 0. The van der Waals surface area contributed by atoms with Gasteiger partial charge in [0.15, 0.2) is 0 Å². The van der Waals surface area contributed by atoms with Crippen molar-refractivity contribution in [1.29, 1.82) is 0 Å². The first-order valence-electron chi connectivity index (χ1n) is 9.30. The fourth-order valence-corrected chi connectivity index (χ4v) is 4.17. The minimum atomic E-state index is -0.365. The van der Waals surface area contributed by atoms with E-state index in [1.807, 2.05) is 30.3 Å². The van der Waals surface area contributed by atoms with Gasteiger partial charge in [-0.3, -0.25) is 4.79 Å². The van der Waals surface area contributed by atoms with Crippen molar-refractivity contribution in [2.75, 3.05) is 0 Å². The molecule has 138 valence electrons. The van der Waals surface area contributed by atoms with Crippen LogP contribution in [0.3, 0.4) is 0 Å². The van der Waals surface area contributed by atoms with Gasteiger partial charge in [-0.2, -0.15) is 0 Å². The summed E-state index contributed by atoms with van der Waals surface area (Å²) in [6, 6.07) is 20.2. The highest BCUT2D eigenvalue weighted by molar-refractivity contribution is 6.15. The second kappa shape index (κ2) is 7.25. The van der Waals surface area contributed by atoms with Gasteiger partial charge in [-0.05, 0) is 41.7 Å². The number of terminal acetylenes is 1. The molecule has 3 aromatic carbocycles. The number of aryl methyl sites for hydroxylation is 1. The molecule has 0 aromatic heterocycles. The molecule has 1 unspecified atom stereocenters. The molecule has 3 aromatic rings. The standard InChI is InChI=1S/C25H20O3/c1-2-17(15-14-16-8-4-3-5-9-16)22-18-10-6-12-20(26)23(18)25(28)24-19(22)11-7-13-21(24)27/h1,3-13,17,22,26-27H,14-15H2. The van der Waals surface area contributed by atoms with E-state index in [2.05, 4.69) is 18.1 Å². The molecule has 0 saturated heterocycles. The molecule has 3 nitrogen and oxygen atoms in total. The second-order valence-corrected chi connectivity index (χ2v) is 7.09. The Hall–Kier alpha value is -3.51. The third-order valence-corrected chi connectivity index (χ3v) is 5.48. The molecule has 0 heterocycles. The van der Waals surface area contributed by atoms with Gasteiger partial charge in [-0.25, -0.2) is 0 Å². The Bertz CT molecular complexity index is 1020. The van der Waals surface area contributed by atoms with Crippen molar-refractivity contribution >= 4 is 5.78 Å². The number of phenolic OH excluding ortho intramolecular Hbond substituents is 2. The van der Waals surface area contributed by atoms with Gasteiger partial charge < -0.3 is 10.2 Å². The maximum absolute atomic E-state index is 13.0. The molecule has 4 rings (SSSR count). The lowest BCUT2D eigenvalue weighted by Gasteiger charge is -2.32. The summed E-state index contributed by atoms with van der Waals surface area (Å²) >= 11 is 0. The number of carbonyl (C=O) groups is 1. The van der Waals surface area contributed by atoms with E-state index in [1.54, 1.807) is 12.1 Å². The maximum Gasteiger partial charge on any atom is 0.201 e. The van der Waals surface area contributed by atoms with Gasteiger partial charge in [0.25, 0.3) is 0 Å². The largest absolute Gasteiger partial charge is 0.507 e. The van der Waals surface area contributed by atoms with Crippen LogP contribution < -0.4 is 0 Å². The zero-order chi connectivity index (χ0) is 19.7. The minimum Gasteiger partial charge on any atom is -0.507 e. The first kappa shape index (κ1) is 17.9. The maximum atomic E-state index is 13.0. The van der Waals surface area contributed by atoms with Crippen molar-refractivity contribution < 1.29 is 15.0 Å². The Morgan fingerprint density at radius 3 is 1.96 bits per heavy atom. The van der Waals surface area contributed by atoms with Crippen molar-refractivity contribution in [3.05, 3.63) is 94.5 Å². The lowest BCUT2D eigenvalue weighted by molar-refractivity contribution is 0.102. The molecule has 0 radical (unpaired) electrons. The molecule has 2 N–H and O–H groups in total. The van der Waals surface area contributed by atoms with Gasteiger partial charge in [0.05, 0.1) is 11.1 Å². The van der Waals surface area contributed by atoms with Crippen LogP contribution in [0.15, 0.2) is 66.7 Å². The van der Waals surface area contributed by atoms with Crippen LogP contribution in [-0.2, 0) is 6.42 Å². The van der Waals surface area contributed by atoms with Gasteiger partial charge in [0, 0.05) is 11.8 Å². The number of benzene rings is 3. The summed E-state index contributed by atoms with van der Waals surface area (Å²) in [4.78, 5) is 13.0. The molecular weight excluding hydrogens is 348 g/mol. The molecule has 28 heavy (non-hydrogen) atoms. The van der Waals surface area contributed by atoms with Crippen LogP contribution in [0.25, 0.3) is 0 Å². The molecule has 0 saturated carbocycles. The van der Waals surface area contributed by atoms with Crippen molar-refractivity contribution in [3.63, 3.8) is 0 Å². The van der Waals surface area contributed by atoms with E-state index in [0.29, 0.717) is 0 Å². The van der Waals surface area contributed by atoms with E-state index >= 15 is 0 Å². The van der Waals surface area contributed by atoms with Crippen LogP contribution >= 0.6 is 0 Å². The quantitative estimate of drug-likeness (QED) is 0.659. The molecular formula is C25H20O3. The van der Waals surface area contributed by atoms with Gasteiger partial charge in [0.2, 0.25) is 5.78 Å². The van der Waals surface area contributed by atoms with Gasteiger partial charge >= 0.3 is 0 Å². The van der Waals surface area contributed by atoms with Gasteiger partial charge in [0.1, 0.15) is 11.5 Å². The van der Waals surface area contributed by atoms with Crippen LogP contribution in [0.4, 0.5) is 0 Å². The van der Waals surface area contributed by atoms with Crippen LogP contribution in [0, 0.1) is 18.3 Å². The van der Waals surface area contributed by atoms with E-state index in [1.165, 1.54) is 17.7 Å². The Labute approximate surface area is 164 Å². The number of hydrogen-bond donors (Lipinski definition) is 2. The van der Waals surface area contributed by atoms with Crippen LogP contribution in [0.2, 0.25) is 0 Å². The molecule has 1 aliphatic carbocycles. The predicted octanol–water partition coefficient (Wildman–Crippen LogP) is 4.66. The molecule has 0 spiro atoms. The summed E-state index contributed by atoms with van der Waals surface area (Å²) in [5.74, 6) is 1.92. The lowest BCUT2D eigenvalue weighted by Crippen LogP contribution is -2.25. The van der Waals surface area contributed by atoms with E-state index in [-0.39, 0.29) is 40.2 Å². The second-order valence-electron chi connectivity index (χ2n) is 7.09. The number of phenols is 2. The minimum absolute atomic E-state index is 0.0831. The zero-order valence-corrected chi connectivity index (χ0v) is 15.3. The number of hydrogen-bond acceptors (Lipinski definition) is 3. The van der Waals surface area contributed by atoms with Crippen molar-refractivity contribution in [2.24, 2.45) is 5.92 Å². The van der Waals surface area contributed by atoms with Crippen molar-refractivity contribution in [3.8, 4) is 23.8 Å². The van der Waals surface area contributed by atoms with E-state index in [4.69, 9.17) is 6.42 Å². The van der Waals surface area contributed by atoms with Crippen LogP contribution in [-0.4, -0.2) is 16.0 Å². The topological polar surface area (TPSA) is 57.5 Å². The highest BCUT2D eigenvalue weighted by Crippen LogP contribution is 2.46.